The number of hydrogen-bond acceptors (Lipinski definition) is 8. The summed E-state index contributed by atoms with van der Waals surface area (Å²) < 4.78 is 0. The predicted molar refractivity (Wildman–Crippen MR) is 169 cm³/mol. The fourth-order valence-corrected chi connectivity index (χ4v) is 5.56. The van der Waals surface area contributed by atoms with Gasteiger partial charge in [-0.15, -0.1) is 0 Å². The fourth-order valence-electron chi connectivity index (χ4n) is 4.68. The number of amides is 1. The molecule has 1 unspecified atom stereocenters. The molecule has 5 aromatic rings. The van der Waals surface area contributed by atoms with Crippen LogP contribution < -0.4 is 16.4 Å². The largest absolute Gasteiger partial charge is 0.399 e. The van der Waals surface area contributed by atoms with Crippen LogP contribution in [0.1, 0.15) is 54.7 Å². The molecule has 9 heteroatoms. The van der Waals surface area contributed by atoms with Gasteiger partial charge in [0.1, 0.15) is 12.1 Å². The molecule has 0 fully saturated rings. The minimum Gasteiger partial charge on any atom is -0.399 e. The fraction of sp³-hybridized carbons (Fsp3) is 0.212. The lowest BCUT2D eigenvalue weighted by Crippen LogP contribution is -2.48. The number of nitrogens with one attached hydrogen (secondary N) is 2. The molecule has 2 aromatic heterocycles. The van der Waals surface area contributed by atoms with E-state index in [1.807, 2.05) is 85.8 Å². The number of aromatic nitrogens is 3. The third-order valence-corrected chi connectivity index (χ3v) is 8.35. The zero-order valence-corrected chi connectivity index (χ0v) is 24.7. The number of nitrogen functional groups attached to an aromatic ring is 1. The van der Waals surface area contributed by atoms with Crippen molar-refractivity contribution in [1.29, 1.82) is 0 Å². The Hall–Kier alpha value is -4.47. The Morgan fingerprint density at radius 3 is 2.45 bits per heavy atom. The maximum absolute atomic E-state index is 13.7. The molecule has 5 rings (SSSR count). The Morgan fingerprint density at radius 1 is 1.00 bits per heavy atom. The summed E-state index contributed by atoms with van der Waals surface area (Å²) in [6, 6.07) is 26.6. The lowest BCUT2D eigenvalue weighted by molar-refractivity contribution is 0.0820. The molecule has 0 saturated carbocycles. The second-order valence-corrected chi connectivity index (χ2v) is 11.5. The average Bonchev–Trinajstić information content (AvgIpc) is 3.02. The van der Waals surface area contributed by atoms with Crippen LogP contribution in [0.2, 0.25) is 0 Å². The first-order chi connectivity index (χ1) is 20.3. The van der Waals surface area contributed by atoms with Gasteiger partial charge in [0, 0.05) is 26.7 Å². The van der Waals surface area contributed by atoms with Crippen LogP contribution in [0.15, 0.2) is 101 Å². The number of pyridine rings is 1. The van der Waals surface area contributed by atoms with Crippen LogP contribution in [0, 0.1) is 0 Å². The molecule has 0 saturated heterocycles. The summed E-state index contributed by atoms with van der Waals surface area (Å²) >= 11 is 1.54. The number of nitrogens with two attached hydrogens (primary N) is 1. The summed E-state index contributed by atoms with van der Waals surface area (Å²) in [7, 11) is 0. The van der Waals surface area contributed by atoms with E-state index in [1.54, 1.807) is 17.8 Å². The Balaban J connectivity index is 1.53. The van der Waals surface area contributed by atoms with Crippen LogP contribution in [-0.2, 0) is 5.54 Å². The average molecular weight is 579 g/mol. The number of rotatable bonds is 10. The van der Waals surface area contributed by atoms with Crippen molar-refractivity contribution in [2.45, 2.75) is 48.4 Å². The number of benzene rings is 3. The maximum Gasteiger partial charge on any atom is 0.252 e. The first-order valence-electron chi connectivity index (χ1n) is 13.9. The highest BCUT2D eigenvalue weighted by molar-refractivity contribution is 7.99. The van der Waals surface area contributed by atoms with Gasteiger partial charge in [0.15, 0.2) is 5.65 Å². The topological polar surface area (TPSA) is 126 Å². The van der Waals surface area contributed by atoms with Crippen molar-refractivity contribution >= 4 is 45.9 Å². The smallest absolute Gasteiger partial charge is 0.252 e. The highest BCUT2D eigenvalue weighted by atomic mass is 32.2. The van der Waals surface area contributed by atoms with Gasteiger partial charge in [0.25, 0.3) is 5.91 Å². The second-order valence-electron chi connectivity index (χ2n) is 10.4. The van der Waals surface area contributed by atoms with E-state index < -0.39 is 5.54 Å². The van der Waals surface area contributed by atoms with Crippen molar-refractivity contribution in [2.24, 2.45) is 0 Å². The number of fused-ring (bicyclic) bond motifs is 1. The van der Waals surface area contributed by atoms with Crippen LogP contribution in [-0.4, -0.2) is 32.6 Å². The van der Waals surface area contributed by atoms with E-state index in [2.05, 4.69) is 34.4 Å². The highest BCUT2D eigenvalue weighted by Gasteiger charge is 2.32. The van der Waals surface area contributed by atoms with E-state index >= 15 is 0 Å². The third kappa shape index (κ3) is 6.22. The Morgan fingerprint density at radius 2 is 1.76 bits per heavy atom. The minimum absolute atomic E-state index is 0.228. The molecule has 42 heavy (non-hydrogen) atoms. The van der Waals surface area contributed by atoms with E-state index in [0.717, 1.165) is 26.4 Å². The molecular weight excluding hydrogens is 544 g/mol. The van der Waals surface area contributed by atoms with Crippen molar-refractivity contribution in [3.05, 3.63) is 108 Å². The van der Waals surface area contributed by atoms with Crippen LogP contribution >= 0.6 is 11.8 Å². The van der Waals surface area contributed by atoms with E-state index in [4.69, 9.17) is 10.7 Å². The SMILES string of the molecule is CCC(CO)(NC(=O)c1ccc(Sc2ccc(N)cc2)c(Nc2ncnc3nc(C(C)C)ccc23)c1)c1ccccc1. The molecular formula is C33H34N6O2S. The van der Waals surface area contributed by atoms with Gasteiger partial charge in [-0.25, -0.2) is 15.0 Å². The number of aliphatic hydroxyl groups is 1. The first-order valence-corrected chi connectivity index (χ1v) is 14.7. The van der Waals surface area contributed by atoms with E-state index in [0.29, 0.717) is 34.8 Å². The quantitative estimate of drug-likeness (QED) is 0.136. The van der Waals surface area contributed by atoms with Crippen molar-refractivity contribution < 1.29 is 9.90 Å². The lowest BCUT2D eigenvalue weighted by atomic mass is 9.87. The van der Waals surface area contributed by atoms with E-state index in [9.17, 15) is 9.90 Å². The molecule has 5 N–H and O–H groups in total. The summed E-state index contributed by atoms with van der Waals surface area (Å²) in [6.45, 7) is 5.90. The van der Waals surface area contributed by atoms with Gasteiger partial charge in [-0.1, -0.05) is 62.9 Å². The Kier molecular flexibility index (Phi) is 8.70. The molecule has 0 aliphatic rings. The molecule has 1 amide bonds. The van der Waals surface area contributed by atoms with Crippen molar-refractivity contribution in [2.75, 3.05) is 17.7 Å². The number of anilines is 3. The number of hydrogen-bond donors (Lipinski definition) is 4. The van der Waals surface area contributed by atoms with E-state index in [1.165, 1.54) is 6.33 Å². The first kappa shape index (κ1) is 29.0. The predicted octanol–water partition coefficient (Wildman–Crippen LogP) is 6.65. The van der Waals surface area contributed by atoms with Crippen LogP contribution in [0.3, 0.4) is 0 Å². The van der Waals surface area contributed by atoms with Crippen molar-refractivity contribution in [1.82, 2.24) is 20.3 Å². The number of carbonyl (C=O) groups is 1. The molecule has 0 radical (unpaired) electrons. The molecule has 2 heterocycles. The van der Waals surface area contributed by atoms with Gasteiger partial charge in [-0.05, 0) is 72.5 Å². The van der Waals surface area contributed by atoms with Crippen molar-refractivity contribution in [3.8, 4) is 0 Å². The zero-order chi connectivity index (χ0) is 29.7. The standard InChI is InChI=1S/C33H34N6O2S/c1-4-33(19-40,23-8-6-5-7-9-23)39-32(41)22-10-17-29(42-25-13-11-24(34)12-14-25)28(18-22)38-31-26-15-16-27(21(2)3)37-30(26)35-20-36-31/h5-18,20-21,40H,4,19,34H2,1-3H3,(H,39,41)(H,35,36,37,38). The molecule has 1 atom stereocenters. The van der Waals surface area contributed by atoms with Gasteiger partial charge < -0.3 is 21.5 Å². The van der Waals surface area contributed by atoms with Crippen LogP contribution in [0.4, 0.5) is 17.2 Å². The van der Waals surface area contributed by atoms with Gasteiger partial charge in [-0.3, -0.25) is 4.79 Å². The summed E-state index contributed by atoms with van der Waals surface area (Å²) in [4.78, 5) is 29.2. The molecule has 0 bridgehead atoms. The normalized spacial score (nSPS) is 12.7. The molecule has 8 nitrogen and oxygen atoms in total. The van der Waals surface area contributed by atoms with Gasteiger partial charge >= 0.3 is 0 Å². The monoisotopic (exact) mass is 578 g/mol. The van der Waals surface area contributed by atoms with Gasteiger partial charge in [-0.2, -0.15) is 0 Å². The Bertz CT molecular complexity index is 1690. The second kappa shape index (κ2) is 12.6. The summed E-state index contributed by atoms with van der Waals surface area (Å²) in [5, 5.41) is 17.7. The van der Waals surface area contributed by atoms with E-state index in [-0.39, 0.29) is 18.4 Å². The summed E-state index contributed by atoms with van der Waals surface area (Å²) in [5.74, 6) is 0.559. The van der Waals surface area contributed by atoms with Crippen LogP contribution in [0.25, 0.3) is 11.0 Å². The maximum atomic E-state index is 13.7. The minimum atomic E-state index is -0.911. The summed E-state index contributed by atoms with van der Waals surface area (Å²) in [5.41, 5.74) is 9.21. The van der Waals surface area contributed by atoms with Crippen LogP contribution in [0.5, 0.6) is 0 Å². The number of carbonyl (C=O) groups excluding carboxylic acids is 1. The Labute approximate surface area is 249 Å². The zero-order valence-electron chi connectivity index (χ0n) is 23.8. The van der Waals surface area contributed by atoms with Gasteiger partial charge in [0.05, 0.1) is 23.2 Å². The molecule has 0 spiro atoms. The lowest BCUT2D eigenvalue weighted by Gasteiger charge is -2.32. The molecule has 0 aliphatic carbocycles. The molecule has 214 valence electrons. The van der Waals surface area contributed by atoms with Gasteiger partial charge in [0.2, 0.25) is 0 Å². The third-order valence-electron chi connectivity index (χ3n) is 7.27. The highest BCUT2D eigenvalue weighted by Crippen LogP contribution is 2.37. The summed E-state index contributed by atoms with van der Waals surface area (Å²) in [6.07, 6.45) is 2.01. The molecule has 0 aliphatic heterocycles. The number of nitrogens with zero attached hydrogens (tertiary/aromatic N) is 3. The van der Waals surface area contributed by atoms with Crippen molar-refractivity contribution in [3.63, 3.8) is 0 Å². The molecule has 3 aromatic carbocycles. The number of aliphatic hydroxyl groups excluding tert-OH is 1.